The highest BCUT2D eigenvalue weighted by atomic mass is 35.5. The second kappa shape index (κ2) is 7.31. The van der Waals surface area contributed by atoms with Gasteiger partial charge in [-0.15, -0.1) is 12.4 Å². The molecule has 2 aliphatic carbocycles. The number of hydrogen-bond acceptors (Lipinski definition) is 2. The zero-order chi connectivity index (χ0) is 17.5. The molecule has 0 aromatic heterocycles. The van der Waals surface area contributed by atoms with Crippen molar-refractivity contribution in [3.8, 4) is 11.8 Å². The van der Waals surface area contributed by atoms with E-state index in [1.165, 1.54) is 18.4 Å². The van der Waals surface area contributed by atoms with Gasteiger partial charge in [0.2, 0.25) is 0 Å². The van der Waals surface area contributed by atoms with Crippen LogP contribution in [0.15, 0.2) is 18.2 Å². The maximum absolute atomic E-state index is 12.4. The van der Waals surface area contributed by atoms with E-state index in [-0.39, 0.29) is 29.4 Å². The normalized spacial score (nSPS) is 21.7. The van der Waals surface area contributed by atoms with Crippen molar-refractivity contribution in [3.05, 3.63) is 34.3 Å². The molecular weight excluding hydrogens is 369 g/mol. The third-order valence-electron chi connectivity index (χ3n) is 5.56. The minimum absolute atomic E-state index is 0. The fourth-order valence-electron chi connectivity index (χ4n) is 3.27. The summed E-state index contributed by atoms with van der Waals surface area (Å²) >= 11 is 6.36. The lowest BCUT2D eigenvalue weighted by molar-refractivity contribution is 0.187. The largest absolute Gasteiger partial charge is 0.322 e. The topological polar surface area (TPSA) is 44.4 Å². The van der Waals surface area contributed by atoms with Crippen LogP contribution in [0.5, 0.6) is 0 Å². The van der Waals surface area contributed by atoms with Crippen LogP contribution in [0.2, 0.25) is 5.02 Å². The van der Waals surface area contributed by atoms with Gasteiger partial charge < -0.3 is 15.5 Å². The van der Waals surface area contributed by atoms with Crippen LogP contribution in [0, 0.1) is 11.8 Å². The Kier molecular flexibility index (Phi) is 5.44. The smallest absolute Gasteiger partial charge is 0.318 e. The lowest BCUT2D eigenvalue weighted by atomic mass is 9.96. The van der Waals surface area contributed by atoms with Crippen LogP contribution in [0.25, 0.3) is 0 Å². The van der Waals surface area contributed by atoms with Gasteiger partial charge in [-0.25, -0.2) is 4.79 Å². The molecule has 1 saturated heterocycles. The van der Waals surface area contributed by atoms with E-state index in [2.05, 4.69) is 35.5 Å². The van der Waals surface area contributed by atoms with Gasteiger partial charge in [0.25, 0.3) is 0 Å². The second-order valence-corrected chi connectivity index (χ2v) is 8.16. The van der Waals surface area contributed by atoms with Gasteiger partial charge in [0.15, 0.2) is 0 Å². The number of carbonyl (C=O) groups is 1. The van der Waals surface area contributed by atoms with Crippen LogP contribution < -0.4 is 10.6 Å². The molecule has 4 rings (SSSR count). The van der Waals surface area contributed by atoms with Crippen LogP contribution in [0.4, 0.5) is 4.79 Å². The van der Waals surface area contributed by atoms with Gasteiger partial charge in [-0.2, -0.15) is 0 Å². The average Bonchev–Trinajstić information content (AvgIpc) is 3.54. The number of urea groups is 1. The molecule has 3 aliphatic rings. The molecule has 1 aromatic rings. The number of halogens is 2. The summed E-state index contributed by atoms with van der Waals surface area (Å²) in [6.07, 6.45) is 4.23. The summed E-state index contributed by atoms with van der Waals surface area (Å²) in [6, 6.07) is 6.05. The van der Waals surface area contributed by atoms with Gasteiger partial charge in [0.1, 0.15) is 5.54 Å². The Hall–Kier alpha value is -1.41. The molecule has 2 amide bonds. The molecule has 26 heavy (non-hydrogen) atoms. The number of piperazine rings is 1. The number of carbonyl (C=O) groups excluding carboxylic acids is 1. The molecule has 2 N–H and O–H groups in total. The van der Waals surface area contributed by atoms with Crippen molar-refractivity contribution < 1.29 is 4.79 Å². The number of hydrogen-bond donors (Lipinski definition) is 2. The lowest BCUT2D eigenvalue weighted by Gasteiger charge is -2.28. The van der Waals surface area contributed by atoms with E-state index in [0.717, 1.165) is 49.6 Å². The Balaban J connectivity index is 0.00000196. The van der Waals surface area contributed by atoms with E-state index in [0.29, 0.717) is 0 Å². The van der Waals surface area contributed by atoms with Crippen molar-refractivity contribution in [2.24, 2.45) is 0 Å². The van der Waals surface area contributed by atoms with E-state index in [1.54, 1.807) is 0 Å². The van der Waals surface area contributed by atoms with Gasteiger partial charge in [-0.1, -0.05) is 30.4 Å². The van der Waals surface area contributed by atoms with Crippen molar-refractivity contribution in [3.63, 3.8) is 0 Å². The number of rotatable bonds is 2. The summed E-state index contributed by atoms with van der Waals surface area (Å²) in [6.45, 7) is 5.49. The van der Waals surface area contributed by atoms with Gasteiger partial charge >= 0.3 is 6.03 Å². The van der Waals surface area contributed by atoms with Crippen molar-refractivity contribution >= 4 is 30.0 Å². The molecule has 0 bridgehead atoms. The first-order valence-electron chi connectivity index (χ1n) is 9.11. The molecule has 0 unspecified atom stereocenters. The average molecular weight is 394 g/mol. The third kappa shape index (κ3) is 4.11. The van der Waals surface area contributed by atoms with Gasteiger partial charge in [-0.05, 0) is 54.9 Å². The molecule has 140 valence electrons. The Morgan fingerprint density at radius 2 is 1.92 bits per heavy atom. The maximum Gasteiger partial charge on any atom is 0.318 e. The van der Waals surface area contributed by atoms with E-state index < -0.39 is 0 Å². The van der Waals surface area contributed by atoms with E-state index in [4.69, 9.17) is 11.6 Å². The van der Waals surface area contributed by atoms with Crippen molar-refractivity contribution in [1.82, 2.24) is 15.5 Å². The SMILES string of the molecule is CC1(c2cc(C#CC3(NC(=O)N4CCNCC4)CC3)ccc2Cl)CC1.Cl. The van der Waals surface area contributed by atoms with E-state index >= 15 is 0 Å². The summed E-state index contributed by atoms with van der Waals surface area (Å²) in [7, 11) is 0. The fraction of sp³-hybridized carbons (Fsp3) is 0.550. The Morgan fingerprint density at radius 3 is 2.54 bits per heavy atom. The van der Waals surface area contributed by atoms with E-state index in [9.17, 15) is 4.79 Å². The molecule has 0 spiro atoms. The van der Waals surface area contributed by atoms with Crippen LogP contribution in [-0.4, -0.2) is 42.6 Å². The number of nitrogens with zero attached hydrogens (tertiary/aromatic N) is 1. The molecule has 1 aromatic carbocycles. The standard InChI is InChI=1S/C20H24ClN3O.ClH/c1-19(6-7-19)16-14-15(2-3-17(16)21)4-5-20(8-9-20)23-18(25)24-12-10-22-11-13-24;/h2-3,14,22H,6-13H2,1H3,(H,23,25);1H. The first-order chi connectivity index (χ1) is 12.0. The second-order valence-electron chi connectivity index (χ2n) is 7.75. The maximum atomic E-state index is 12.4. The molecule has 6 heteroatoms. The van der Waals surface area contributed by atoms with Gasteiger partial charge in [-0.3, -0.25) is 0 Å². The zero-order valence-electron chi connectivity index (χ0n) is 15.0. The minimum Gasteiger partial charge on any atom is -0.322 e. The molecule has 3 fully saturated rings. The minimum atomic E-state index is -0.342. The number of benzene rings is 1. The summed E-state index contributed by atoms with van der Waals surface area (Å²) in [5.74, 6) is 6.58. The summed E-state index contributed by atoms with van der Waals surface area (Å²) < 4.78 is 0. The summed E-state index contributed by atoms with van der Waals surface area (Å²) in [5.41, 5.74) is 2.07. The first-order valence-corrected chi connectivity index (χ1v) is 9.49. The predicted octanol–water partition coefficient (Wildman–Crippen LogP) is 3.31. The Bertz CT molecular complexity index is 754. The molecule has 1 heterocycles. The predicted molar refractivity (Wildman–Crippen MR) is 107 cm³/mol. The summed E-state index contributed by atoms with van der Waals surface area (Å²) in [5, 5.41) is 7.23. The molecule has 1 aliphatic heterocycles. The lowest BCUT2D eigenvalue weighted by Crippen LogP contribution is -2.52. The van der Waals surface area contributed by atoms with Gasteiger partial charge in [0.05, 0.1) is 0 Å². The van der Waals surface area contributed by atoms with Crippen molar-refractivity contribution in [1.29, 1.82) is 0 Å². The zero-order valence-corrected chi connectivity index (χ0v) is 16.6. The fourth-order valence-corrected chi connectivity index (χ4v) is 3.62. The number of nitrogens with one attached hydrogen (secondary N) is 2. The molecular formula is C20H25Cl2N3O. The molecule has 2 saturated carbocycles. The summed E-state index contributed by atoms with van der Waals surface area (Å²) in [4.78, 5) is 14.3. The molecule has 0 radical (unpaired) electrons. The van der Waals surface area contributed by atoms with Crippen LogP contribution in [0.3, 0.4) is 0 Å². The highest BCUT2D eigenvalue weighted by Crippen LogP contribution is 2.50. The Labute approximate surface area is 166 Å². The quantitative estimate of drug-likeness (QED) is 0.756. The number of amides is 2. The van der Waals surface area contributed by atoms with Crippen LogP contribution in [0.1, 0.15) is 43.7 Å². The van der Waals surface area contributed by atoms with Gasteiger partial charge in [0, 0.05) is 36.8 Å². The highest BCUT2D eigenvalue weighted by Gasteiger charge is 2.44. The molecule has 4 nitrogen and oxygen atoms in total. The third-order valence-corrected chi connectivity index (χ3v) is 5.89. The van der Waals surface area contributed by atoms with Crippen molar-refractivity contribution in [2.45, 2.75) is 43.6 Å². The monoisotopic (exact) mass is 393 g/mol. The van der Waals surface area contributed by atoms with Crippen LogP contribution >= 0.6 is 24.0 Å². The first kappa shape index (κ1) is 19.4. The Morgan fingerprint density at radius 1 is 1.23 bits per heavy atom. The van der Waals surface area contributed by atoms with Crippen LogP contribution in [-0.2, 0) is 5.41 Å². The molecule has 0 atom stereocenters. The van der Waals surface area contributed by atoms with Crippen molar-refractivity contribution in [2.75, 3.05) is 26.2 Å². The highest BCUT2D eigenvalue weighted by molar-refractivity contribution is 6.31. The van der Waals surface area contributed by atoms with E-state index in [1.807, 2.05) is 17.0 Å².